The number of aryl methyl sites for hydroxylation is 1. The lowest BCUT2D eigenvalue weighted by Crippen LogP contribution is -2.07. The van der Waals surface area contributed by atoms with Crippen molar-refractivity contribution in [3.05, 3.63) is 34.1 Å². The molecule has 0 aliphatic heterocycles. The van der Waals surface area contributed by atoms with Gasteiger partial charge < -0.3 is 15.0 Å². The zero-order valence-corrected chi connectivity index (χ0v) is 13.0. The molecule has 19 heavy (non-hydrogen) atoms. The van der Waals surface area contributed by atoms with Gasteiger partial charge in [0.15, 0.2) is 0 Å². The van der Waals surface area contributed by atoms with Gasteiger partial charge in [0.1, 0.15) is 16.2 Å². The second kappa shape index (κ2) is 5.75. The van der Waals surface area contributed by atoms with Crippen LogP contribution in [-0.4, -0.2) is 23.2 Å². The summed E-state index contributed by atoms with van der Waals surface area (Å²) in [5.41, 5.74) is 8.91. The van der Waals surface area contributed by atoms with E-state index in [1.165, 1.54) is 5.56 Å². The normalized spacial score (nSPS) is 10.8. The predicted molar refractivity (Wildman–Crippen MR) is 80.4 cm³/mol. The minimum atomic E-state index is 0.600. The van der Waals surface area contributed by atoms with Crippen molar-refractivity contribution in [3.63, 3.8) is 0 Å². The number of aromatic nitrogens is 2. The Morgan fingerprint density at radius 1 is 1.42 bits per heavy atom. The molecule has 2 rings (SSSR count). The number of ether oxygens (including phenoxy) is 1. The summed E-state index contributed by atoms with van der Waals surface area (Å²) in [5.74, 6) is 1.71. The molecule has 0 radical (unpaired) electrons. The van der Waals surface area contributed by atoms with E-state index >= 15 is 0 Å². The Hall–Kier alpha value is -1.33. The maximum absolute atomic E-state index is 5.64. The maximum Gasteiger partial charge on any atom is 0.145 e. The largest absolute Gasteiger partial charge is 0.496 e. The highest BCUT2D eigenvalue weighted by atomic mass is 79.9. The van der Waals surface area contributed by atoms with Crippen molar-refractivity contribution >= 4 is 15.9 Å². The zero-order chi connectivity index (χ0) is 14.0. The Bertz CT molecular complexity index is 593. The van der Waals surface area contributed by atoms with Crippen LogP contribution in [0.1, 0.15) is 11.3 Å². The Balaban J connectivity index is 2.59. The maximum atomic E-state index is 5.64. The van der Waals surface area contributed by atoms with E-state index in [1.807, 2.05) is 19.2 Å². The average Bonchev–Trinajstić information content (AvgIpc) is 2.67. The van der Waals surface area contributed by atoms with Gasteiger partial charge in [-0.25, -0.2) is 4.98 Å². The van der Waals surface area contributed by atoms with Crippen LogP contribution in [0, 0.1) is 6.92 Å². The second-order valence-electron chi connectivity index (χ2n) is 4.47. The quantitative estimate of drug-likeness (QED) is 0.941. The molecule has 0 atom stereocenters. The Morgan fingerprint density at radius 3 is 2.79 bits per heavy atom. The standard InChI is InChI=1S/C14H18BrN3O/c1-9-4-5-12(19-3)10(8-9)14-17-13(15)11(6-7-16)18(14)2/h4-5,8H,6-7,16H2,1-3H3. The van der Waals surface area contributed by atoms with Gasteiger partial charge in [-0.05, 0) is 41.5 Å². The number of hydrogen-bond donors (Lipinski definition) is 1. The summed E-state index contributed by atoms with van der Waals surface area (Å²) < 4.78 is 8.34. The van der Waals surface area contributed by atoms with E-state index in [9.17, 15) is 0 Å². The lowest BCUT2D eigenvalue weighted by molar-refractivity contribution is 0.416. The zero-order valence-electron chi connectivity index (χ0n) is 11.4. The van der Waals surface area contributed by atoms with Gasteiger partial charge in [-0.3, -0.25) is 0 Å². The summed E-state index contributed by atoms with van der Waals surface area (Å²) in [6.07, 6.45) is 0.790. The molecule has 2 aromatic rings. The Morgan fingerprint density at radius 2 is 2.16 bits per heavy atom. The SMILES string of the molecule is COc1ccc(C)cc1-c1nc(Br)c(CCN)n1C. The van der Waals surface area contributed by atoms with Gasteiger partial charge in [-0.1, -0.05) is 11.6 Å². The van der Waals surface area contributed by atoms with Crippen molar-refractivity contribution in [3.8, 4) is 17.1 Å². The minimum Gasteiger partial charge on any atom is -0.496 e. The molecular formula is C14H18BrN3O. The highest BCUT2D eigenvalue weighted by Crippen LogP contribution is 2.32. The molecule has 1 aromatic heterocycles. The molecule has 5 heteroatoms. The van der Waals surface area contributed by atoms with Crippen LogP contribution in [0.2, 0.25) is 0 Å². The van der Waals surface area contributed by atoms with E-state index in [-0.39, 0.29) is 0 Å². The molecular weight excluding hydrogens is 306 g/mol. The first kappa shape index (κ1) is 14.1. The van der Waals surface area contributed by atoms with Gasteiger partial charge in [-0.15, -0.1) is 0 Å². The number of benzene rings is 1. The molecule has 0 aliphatic carbocycles. The van der Waals surface area contributed by atoms with Crippen LogP contribution in [0.15, 0.2) is 22.8 Å². The molecule has 102 valence electrons. The Kier molecular flexibility index (Phi) is 4.27. The third kappa shape index (κ3) is 2.67. The van der Waals surface area contributed by atoms with Crippen LogP contribution in [0.5, 0.6) is 5.75 Å². The van der Waals surface area contributed by atoms with Crippen molar-refractivity contribution in [2.24, 2.45) is 12.8 Å². The molecule has 0 fully saturated rings. The van der Waals surface area contributed by atoms with E-state index < -0.39 is 0 Å². The Labute approximate surface area is 121 Å². The van der Waals surface area contributed by atoms with Crippen LogP contribution in [0.3, 0.4) is 0 Å². The smallest absolute Gasteiger partial charge is 0.145 e. The molecule has 0 saturated carbocycles. The van der Waals surface area contributed by atoms with E-state index in [0.29, 0.717) is 6.54 Å². The summed E-state index contributed by atoms with van der Waals surface area (Å²) in [6.45, 7) is 2.66. The summed E-state index contributed by atoms with van der Waals surface area (Å²) in [6, 6.07) is 6.08. The van der Waals surface area contributed by atoms with E-state index in [0.717, 1.165) is 33.9 Å². The molecule has 2 N–H and O–H groups in total. The van der Waals surface area contributed by atoms with Crippen LogP contribution in [0.25, 0.3) is 11.4 Å². The van der Waals surface area contributed by atoms with Crippen LogP contribution >= 0.6 is 15.9 Å². The van der Waals surface area contributed by atoms with Crippen LogP contribution < -0.4 is 10.5 Å². The number of nitrogens with zero attached hydrogens (tertiary/aromatic N) is 2. The predicted octanol–water partition coefficient (Wildman–Crippen LogP) is 2.67. The van der Waals surface area contributed by atoms with E-state index in [4.69, 9.17) is 10.5 Å². The van der Waals surface area contributed by atoms with E-state index in [2.05, 4.69) is 38.5 Å². The van der Waals surface area contributed by atoms with Crippen LogP contribution in [0.4, 0.5) is 0 Å². The van der Waals surface area contributed by atoms with Gasteiger partial charge in [0, 0.05) is 13.5 Å². The van der Waals surface area contributed by atoms with Crippen LogP contribution in [-0.2, 0) is 13.5 Å². The van der Waals surface area contributed by atoms with Gasteiger partial charge >= 0.3 is 0 Å². The molecule has 0 aliphatic rings. The number of rotatable bonds is 4. The topological polar surface area (TPSA) is 53.1 Å². The molecule has 0 bridgehead atoms. The number of hydrogen-bond acceptors (Lipinski definition) is 3. The van der Waals surface area contributed by atoms with Crippen molar-refractivity contribution in [2.75, 3.05) is 13.7 Å². The average molecular weight is 324 g/mol. The summed E-state index contributed by atoms with van der Waals surface area (Å²) in [4.78, 5) is 4.59. The minimum absolute atomic E-state index is 0.600. The van der Waals surface area contributed by atoms with Crippen molar-refractivity contribution < 1.29 is 4.74 Å². The summed E-state index contributed by atoms with van der Waals surface area (Å²) in [7, 11) is 3.67. The molecule has 0 spiro atoms. The third-order valence-corrected chi connectivity index (χ3v) is 3.78. The highest BCUT2D eigenvalue weighted by Gasteiger charge is 2.16. The summed E-state index contributed by atoms with van der Waals surface area (Å²) >= 11 is 3.50. The van der Waals surface area contributed by atoms with E-state index in [1.54, 1.807) is 7.11 Å². The van der Waals surface area contributed by atoms with Crippen molar-refractivity contribution in [2.45, 2.75) is 13.3 Å². The molecule has 1 heterocycles. The van der Waals surface area contributed by atoms with Gasteiger partial charge in [-0.2, -0.15) is 0 Å². The molecule has 1 aromatic carbocycles. The lowest BCUT2D eigenvalue weighted by Gasteiger charge is -2.10. The van der Waals surface area contributed by atoms with Gasteiger partial charge in [0.2, 0.25) is 0 Å². The first-order valence-corrected chi connectivity index (χ1v) is 6.94. The fraction of sp³-hybridized carbons (Fsp3) is 0.357. The molecule has 4 nitrogen and oxygen atoms in total. The number of methoxy groups -OCH3 is 1. The number of imidazole rings is 1. The third-order valence-electron chi connectivity index (χ3n) is 3.14. The first-order valence-electron chi connectivity index (χ1n) is 6.14. The van der Waals surface area contributed by atoms with Gasteiger partial charge in [0.25, 0.3) is 0 Å². The van der Waals surface area contributed by atoms with Gasteiger partial charge in [0.05, 0.1) is 18.4 Å². The number of nitrogens with two attached hydrogens (primary N) is 1. The molecule has 0 unspecified atom stereocenters. The first-order chi connectivity index (χ1) is 9.08. The van der Waals surface area contributed by atoms with Crippen molar-refractivity contribution in [1.29, 1.82) is 0 Å². The van der Waals surface area contributed by atoms with Crippen molar-refractivity contribution in [1.82, 2.24) is 9.55 Å². The fourth-order valence-corrected chi connectivity index (χ4v) is 2.78. The summed E-state index contributed by atoms with van der Waals surface area (Å²) in [5, 5.41) is 0. The molecule has 0 amide bonds. The lowest BCUT2D eigenvalue weighted by atomic mass is 10.1. The molecule has 0 saturated heterocycles. The monoisotopic (exact) mass is 323 g/mol. The number of halogens is 1. The fourth-order valence-electron chi connectivity index (χ4n) is 2.14. The highest BCUT2D eigenvalue weighted by molar-refractivity contribution is 9.10. The second-order valence-corrected chi connectivity index (χ2v) is 5.23.